The van der Waals surface area contributed by atoms with E-state index in [2.05, 4.69) is 20.4 Å². The Morgan fingerprint density at radius 2 is 2.00 bits per heavy atom. The molecule has 0 aromatic rings. The van der Waals surface area contributed by atoms with Gasteiger partial charge in [0.25, 0.3) is 0 Å². The number of carbonyl (C=O) groups excluding carboxylic acids is 1. The van der Waals surface area contributed by atoms with Gasteiger partial charge in [0.2, 0.25) is 0 Å². The summed E-state index contributed by atoms with van der Waals surface area (Å²) in [5.74, 6) is 0.214. The molecule has 0 aromatic carbocycles. The third-order valence-electron chi connectivity index (χ3n) is 2.76. The van der Waals surface area contributed by atoms with Gasteiger partial charge in [-0.05, 0) is 32.6 Å². The molecule has 0 radical (unpaired) electrons. The van der Waals surface area contributed by atoms with E-state index in [1.54, 1.807) is 6.92 Å². The lowest BCUT2D eigenvalue weighted by Gasteiger charge is -2.22. The first-order valence-corrected chi connectivity index (χ1v) is 5.89. The van der Waals surface area contributed by atoms with E-state index in [1.165, 1.54) is 12.8 Å². The van der Waals surface area contributed by atoms with E-state index in [-0.39, 0.29) is 12.1 Å². The zero-order valence-corrected chi connectivity index (χ0v) is 10.5. The lowest BCUT2D eigenvalue weighted by Crippen LogP contribution is -2.24. The topological polar surface area (TPSA) is 26.3 Å². The van der Waals surface area contributed by atoms with E-state index in [1.807, 2.05) is 6.92 Å². The number of unbranched alkanes of at least 4 members (excludes halogenated alkanes) is 1. The Morgan fingerprint density at radius 3 is 2.40 bits per heavy atom. The number of hydrogen-bond acceptors (Lipinski definition) is 2. The van der Waals surface area contributed by atoms with Crippen LogP contribution in [0.1, 0.15) is 53.4 Å². The van der Waals surface area contributed by atoms with Crippen LogP contribution in [0.15, 0.2) is 12.2 Å². The highest BCUT2D eigenvalue weighted by atomic mass is 16.5. The molecule has 2 nitrogen and oxygen atoms in total. The normalized spacial score (nSPS) is 14.4. The first-order chi connectivity index (χ1) is 7.02. The Hall–Kier alpha value is -0.790. The van der Waals surface area contributed by atoms with Crippen molar-refractivity contribution in [2.75, 3.05) is 0 Å². The van der Waals surface area contributed by atoms with Crippen LogP contribution in [-0.4, -0.2) is 12.1 Å². The molecule has 2 unspecified atom stereocenters. The van der Waals surface area contributed by atoms with Crippen LogP contribution in [0.25, 0.3) is 0 Å². The van der Waals surface area contributed by atoms with E-state index < -0.39 is 0 Å². The quantitative estimate of drug-likeness (QED) is 0.475. The SMILES string of the molecule is C=C(C)C(=O)OC(C)C(CC)CCCC. The number of ether oxygens (including phenoxy) is 1. The maximum Gasteiger partial charge on any atom is 0.333 e. The highest BCUT2D eigenvalue weighted by molar-refractivity contribution is 5.87. The number of rotatable bonds is 7. The maximum absolute atomic E-state index is 11.3. The zero-order valence-electron chi connectivity index (χ0n) is 10.5. The van der Waals surface area contributed by atoms with Gasteiger partial charge in [0, 0.05) is 5.57 Å². The molecule has 15 heavy (non-hydrogen) atoms. The molecule has 0 fully saturated rings. The third-order valence-corrected chi connectivity index (χ3v) is 2.76. The van der Waals surface area contributed by atoms with Gasteiger partial charge < -0.3 is 4.74 Å². The summed E-state index contributed by atoms with van der Waals surface area (Å²) >= 11 is 0. The van der Waals surface area contributed by atoms with Gasteiger partial charge in [-0.25, -0.2) is 4.79 Å². The Balaban J connectivity index is 4.08. The molecule has 0 saturated carbocycles. The Morgan fingerprint density at radius 1 is 1.40 bits per heavy atom. The molecular formula is C13H24O2. The van der Waals surface area contributed by atoms with Gasteiger partial charge in [0.15, 0.2) is 0 Å². The minimum Gasteiger partial charge on any atom is -0.459 e. The van der Waals surface area contributed by atoms with Crippen LogP contribution in [0.5, 0.6) is 0 Å². The van der Waals surface area contributed by atoms with Crippen LogP contribution < -0.4 is 0 Å². The summed E-state index contributed by atoms with van der Waals surface area (Å²) in [6.45, 7) is 11.6. The van der Waals surface area contributed by atoms with Gasteiger partial charge in [-0.2, -0.15) is 0 Å². The Labute approximate surface area is 93.7 Å². The Bertz CT molecular complexity index is 209. The predicted molar refractivity (Wildman–Crippen MR) is 63.7 cm³/mol. The lowest BCUT2D eigenvalue weighted by molar-refractivity contribution is -0.146. The average Bonchev–Trinajstić information content (AvgIpc) is 2.18. The van der Waals surface area contributed by atoms with Crippen LogP contribution in [-0.2, 0) is 9.53 Å². The van der Waals surface area contributed by atoms with Gasteiger partial charge in [-0.1, -0.05) is 33.3 Å². The van der Waals surface area contributed by atoms with E-state index in [0.29, 0.717) is 11.5 Å². The van der Waals surface area contributed by atoms with Crippen molar-refractivity contribution in [2.45, 2.75) is 59.5 Å². The van der Waals surface area contributed by atoms with Crippen molar-refractivity contribution in [1.29, 1.82) is 0 Å². The Kier molecular flexibility index (Phi) is 7.10. The van der Waals surface area contributed by atoms with Crippen molar-refractivity contribution in [3.63, 3.8) is 0 Å². The van der Waals surface area contributed by atoms with Crippen LogP contribution in [0, 0.1) is 5.92 Å². The van der Waals surface area contributed by atoms with Crippen molar-refractivity contribution in [3.05, 3.63) is 12.2 Å². The smallest absolute Gasteiger partial charge is 0.333 e. The lowest BCUT2D eigenvalue weighted by atomic mass is 9.94. The second-order valence-corrected chi connectivity index (χ2v) is 4.20. The zero-order chi connectivity index (χ0) is 11.8. The minimum atomic E-state index is -0.266. The number of esters is 1. The summed E-state index contributed by atoms with van der Waals surface area (Å²) in [6.07, 6.45) is 4.60. The molecule has 0 saturated heterocycles. The number of carbonyl (C=O) groups is 1. The van der Waals surface area contributed by atoms with Crippen LogP contribution in [0.3, 0.4) is 0 Å². The molecule has 0 aliphatic heterocycles. The summed E-state index contributed by atoms with van der Waals surface area (Å²) in [7, 11) is 0. The van der Waals surface area contributed by atoms with Crippen molar-refractivity contribution in [3.8, 4) is 0 Å². The molecule has 0 amide bonds. The molecule has 0 aliphatic rings. The fourth-order valence-electron chi connectivity index (χ4n) is 1.60. The predicted octanol–water partition coefficient (Wildman–Crippen LogP) is 3.71. The first-order valence-electron chi connectivity index (χ1n) is 5.89. The van der Waals surface area contributed by atoms with E-state index in [4.69, 9.17) is 4.74 Å². The second kappa shape index (κ2) is 7.49. The van der Waals surface area contributed by atoms with Gasteiger partial charge in [0.1, 0.15) is 6.10 Å². The molecular weight excluding hydrogens is 188 g/mol. The molecule has 0 aliphatic carbocycles. The monoisotopic (exact) mass is 212 g/mol. The molecule has 2 heteroatoms. The van der Waals surface area contributed by atoms with Crippen molar-refractivity contribution >= 4 is 5.97 Å². The molecule has 0 aromatic heterocycles. The van der Waals surface area contributed by atoms with E-state index in [0.717, 1.165) is 12.8 Å². The molecule has 88 valence electrons. The van der Waals surface area contributed by atoms with E-state index in [9.17, 15) is 4.79 Å². The van der Waals surface area contributed by atoms with Gasteiger partial charge in [-0.3, -0.25) is 0 Å². The minimum absolute atomic E-state index is 0.00532. The first kappa shape index (κ1) is 14.2. The maximum atomic E-state index is 11.3. The van der Waals surface area contributed by atoms with Crippen molar-refractivity contribution in [2.24, 2.45) is 5.92 Å². The fraction of sp³-hybridized carbons (Fsp3) is 0.769. The second-order valence-electron chi connectivity index (χ2n) is 4.20. The van der Waals surface area contributed by atoms with Crippen molar-refractivity contribution in [1.82, 2.24) is 0 Å². The number of hydrogen-bond donors (Lipinski definition) is 0. The summed E-state index contributed by atoms with van der Waals surface area (Å²) in [5, 5.41) is 0. The van der Waals surface area contributed by atoms with Gasteiger partial charge >= 0.3 is 5.97 Å². The molecule has 0 rings (SSSR count). The van der Waals surface area contributed by atoms with Crippen LogP contribution in [0.4, 0.5) is 0 Å². The largest absolute Gasteiger partial charge is 0.459 e. The molecule has 2 atom stereocenters. The fourth-order valence-corrected chi connectivity index (χ4v) is 1.60. The van der Waals surface area contributed by atoms with Crippen LogP contribution >= 0.6 is 0 Å². The standard InChI is InChI=1S/C13H24O2/c1-6-8-9-12(7-2)11(5)15-13(14)10(3)4/h11-12H,3,6-9H2,1-2,4-5H3. The van der Waals surface area contributed by atoms with Gasteiger partial charge in [0.05, 0.1) is 0 Å². The molecule has 0 heterocycles. The van der Waals surface area contributed by atoms with Crippen LogP contribution in [0.2, 0.25) is 0 Å². The average molecular weight is 212 g/mol. The third kappa shape index (κ3) is 5.60. The highest BCUT2D eigenvalue weighted by Gasteiger charge is 2.18. The highest BCUT2D eigenvalue weighted by Crippen LogP contribution is 2.19. The molecule has 0 spiro atoms. The molecule has 0 N–H and O–H groups in total. The summed E-state index contributed by atoms with van der Waals surface area (Å²) in [4.78, 5) is 11.3. The van der Waals surface area contributed by atoms with Gasteiger partial charge in [-0.15, -0.1) is 0 Å². The summed E-state index contributed by atoms with van der Waals surface area (Å²) in [6, 6.07) is 0. The van der Waals surface area contributed by atoms with E-state index >= 15 is 0 Å². The summed E-state index contributed by atoms with van der Waals surface area (Å²) < 4.78 is 5.32. The summed E-state index contributed by atoms with van der Waals surface area (Å²) in [5.41, 5.74) is 0.479. The molecule has 0 bridgehead atoms. The van der Waals surface area contributed by atoms with Crippen molar-refractivity contribution < 1.29 is 9.53 Å².